The van der Waals surface area contributed by atoms with Gasteiger partial charge in [-0.1, -0.05) is 6.07 Å². The Morgan fingerprint density at radius 1 is 1.31 bits per heavy atom. The molecule has 26 heavy (non-hydrogen) atoms. The van der Waals surface area contributed by atoms with Crippen LogP contribution in [-0.4, -0.2) is 54.4 Å². The normalized spacial score (nSPS) is 20.4. The van der Waals surface area contributed by atoms with Crippen LogP contribution < -0.4 is 4.74 Å². The molecule has 144 valence electrons. The summed E-state index contributed by atoms with van der Waals surface area (Å²) in [6.45, 7) is 8.46. The summed E-state index contributed by atoms with van der Waals surface area (Å²) >= 11 is 0. The topological polar surface area (TPSA) is 78.0 Å². The molecule has 7 heteroatoms. The molecule has 7 nitrogen and oxygen atoms in total. The lowest BCUT2D eigenvalue weighted by Gasteiger charge is -2.38. The third kappa shape index (κ3) is 5.09. The van der Waals surface area contributed by atoms with E-state index in [1.807, 2.05) is 26.8 Å². The second-order valence-electron chi connectivity index (χ2n) is 7.31. The van der Waals surface area contributed by atoms with E-state index in [0.717, 1.165) is 5.56 Å². The lowest BCUT2D eigenvalue weighted by atomic mass is 9.81. The van der Waals surface area contributed by atoms with Crippen molar-refractivity contribution in [3.05, 3.63) is 23.9 Å². The SMILES string of the molecule is CCOC(=O)C1CCN(C(=O)OC(C)(C)C)CC1c1ccc(OC)nc1. The predicted octanol–water partition coefficient (Wildman–Crippen LogP) is 2.99. The van der Waals surface area contributed by atoms with E-state index in [-0.39, 0.29) is 23.9 Å². The van der Waals surface area contributed by atoms with Gasteiger partial charge in [0.2, 0.25) is 5.88 Å². The maximum atomic E-state index is 12.4. The first kappa shape index (κ1) is 20.0. The first-order valence-corrected chi connectivity index (χ1v) is 8.89. The summed E-state index contributed by atoms with van der Waals surface area (Å²) in [5, 5.41) is 0. The number of carbonyl (C=O) groups excluding carboxylic acids is 2. The molecule has 0 spiro atoms. The maximum absolute atomic E-state index is 12.4. The van der Waals surface area contributed by atoms with Gasteiger partial charge in [0.05, 0.1) is 19.6 Å². The Labute approximate surface area is 154 Å². The van der Waals surface area contributed by atoms with E-state index in [1.165, 1.54) is 0 Å². The number of hydrogen-bond donors (Lipinski definition) is 0. The summed E-state index contributed by atoms with van der Waals surface area (Å²) in [5.74, 6) is -0.254. The summed E-state index contributed by atoms with van der Waals surface area (Å²) in [4.78, 5) is 30.7. The molecule has 0 aliphatic carbocycles. The third-order valence-electron chi connectivity index (χ3n) is 4.25. The monoisotopic (exact) mass is 364 g/mol. The van der Waals surface area contributed by atoms with Gasteiger partial charge in [0.15, 0.2) is 0 Å². The summed E-state index contributed by atoms with van der Waals surface area (Å²) in [7, 11) is 1.55. The number of rotatable bonds is 4. The van der Waals surface area contributed by atoms with Crippen molar-refractivity contribution in [1.82, 2.24) is 9.88 Å². The van der Waals surface area contributed by atoms with Gasteiger partial charge in [0.25, 0.3) is 0 Å². The van der Waals surface area contributed by atoms with Gasteiger partial charge in [0, 0.05) is 31.3 Å². The van der Waals surface area contributed by atoms with Crippen molar-refractivity contribution in [2.45, 2.75) is 45.6 Å². The van der Waals surface area contributed by atoms with Crippen molar-refractivity contribution >= 4 is 12.1 Å². The van der Waals surface area contributed by atoms with Crippen molar-refractivity contribution in [1.29, 1.82) is 0 Å². The molecule has 0 N–H and O–H groups in total. The quantitative estimate of drug-likeness (QED) is 0.764. The van der Waals surface area contributed by atoms with Crippen LogP contribution in [0.1, 0.15) is 45.6 Å². The highest BCUT2D eigenvalue weighted by atomic mass is 16.6. The Kier molecular flexibility index (Phi) is 6.45. The Hall–Kier alpha value is -2.31. The summed E-state index contributed by atoms with van der Waals surface area (Å²) < 4.78 is 15.8. The average molecular weight is 364 g/mol. The number of hydrogen-bond acceptors (Lipinski definition) is 6. The molecule has 2 unspecified atom stereocenters. The van der Waals surface area contributed by atoms with Gasteiger partial charge in [-0.3, -0.25) is 4.79 Å². The molecular weight excluding hydrogens is 336 g/mol. The lowest BCUT2D eigenvalue weighted by molar-refractivity contribution is -0.150. The maximum Gasteiger partial charge on any atom is 0.410 e. The van der Waals surface area contributed by atoms with Gasteiger partial charge < -0.3 is 19.1 Å². The van der Waals surface area contributed by atoms with Gasteiger partial charge in [0.1, 0.15) is 5.60 Å². The first-order chi connectivity index (χ1) is 12.2. The summed E-state index contributed by atoms with van der Waals surface area (Å²) in [5.41, 5.74) is 0.309. The Morgan fingerprint density at radius 2 is 2.04 bits per heavy atom. The standard InChI is InChI=1S/C19H28N2O5/c1-6-25-17(22)14-9-10-21(18(23)26-19(2,3)4)12-15(14)13-7-8-16(24-5)20-11-13/h7-8,11,14-15H,6,9-10,12H2,1-5H3. The minimum Gasteiger partial charge on any atom is -0.481 e. The highest BCUT2D eigenvalue weighted by molar-refractivity contribution is 5.75. The first-order valence-electron chi connectivity index (χ1n) is 8.89. The predicted molar refractivity (Wildman–Crippen MR) is 96.1 cm³/mol. The fourth-order valence-electron chi connectivity index (χ4n) is 3.05. The van der Waals surface area contributed by atoms with Crippen molar-refractivity contribution in [3.63, 3.8) is 0 Å². The number of carbonyl (C=O) groups is 2. The van der Waals surface area contributed by atoms with Crippen molar-refractivity contribution in [3.8, 4) is 5.88 Å². The molecule has 1 aromatic rings. The van der Waals surface area contributed by atoms with E-state index in [2.05, 4.69) is 4.98 Å². The van der Waals surface area contributed by atoms with Crippen LogP contribution in [0, 0.1) is 5.92 Å². The van der Waals surface area contributed by atoms with Gasteiger partial charge in [-0.2, -0.15) is 0 Å². The third-order valence-corrected chi connectivity index (χ3v) is 4.25. The van der Waals surface area contributed by atoms with Gasteiger partial charge >= 0.3 is 12.1 Å². The zero-order valence-corrected chi connectivity index (χ0v) is 16.2. The van der Waals surface area contributed by atoms with E-state index >= 15 is 0 Å². The molecular formula is C19H28N2O5. The zero-order valence-electron chi connectivity index (χ0n) is 16.2. The van der Waals surface area contributed by atoms with Crippen LogP contribution in [0.15, 0.2) is 18.3 Å². The lowest BCUT2D eigenvalue weighted by Crippen LogP contribution is -2.47. The molecule has 1 aliphatic rings. The number of piperidine rings is 1. The molecule has 0 aromatic carbocycles. The highest BCUT2D eigenvalue weighted by Gasteiger charge is 2.39. The fourth-order valence-corrected chi connectivity index (χ4v) is 3.05. The average Bonchev–Trinajstić information content (AvgIpc) is 2.60. The summed E-state index contributed by atoms with van der Waals surface area (Å²) in [6, 6.07) is 3.63. The van der Waals surface area contributed by atoms with E-state index in [9.17, 15) is 9.59 Å². The molecule has 1 saturated heterocycles. The number of amides is 1. The summed E-state index contributed by atoms with van der Waals surface area (Å²) in [6.07, 6.45) is 1.84. The van der Waals surface area contributed by atoms with E-state index in [0.29, 0.717) is 32.0 Å². The molecule has 2 heterocycles. The van der Waals surface area contributed by atoms with Crippen LogP contribution in [0.4, 0.5) is 4.79 Å². The molecule has 1 aliphatic heterocycles. The molecule has 1 amide bonds. The van der Waals surface area contributed by atoms with Crippen LogP contribution in [-0.2, 0) is 14.3 Å². The Bertz CT molecular complexity index is 624. The minimum absolute atomic E-state index is 0.200. The fraction of sp³-hybridized carbons (Fsp3) is 0.632. The van der Waals surface area contributed by atoms with Gasteiger partial charge in [-0.25, -0.2) is 9.78 Å². The zero-order chi connectivity index (χ0) is 19.3. The van der Waals surface area contributed by atoms with Crippen molar-refractivity contribution in [2.24, 2.45) is 5.92 Å². The second kappa shape index (κ2) is 8.38. The molecule has 0 saturated carbocycles. The molecule has 0 bridgehead atoms. The molecule has 1 fully saturated rings. The second-order valence-corrected chi connectivity index (χ2v) is 7.31. The van der Waals surface area contributed by atoms with Gasteiger partial charge in [-0.05, 0) is 39.7 Å². The van der Waals surface area contributed by atoms with Crippen LogP contribution >= 0.6 is 0 Å². The van der Waals surface area contributed by atoms with Crippen molar-refractivity contribution in [2.75, 3.05) is 26.8 Å². The van der Waals surface area contributed by atoms with Crippen LogP contribution in [0.5, 0.6) is 5.88 Å². The highest BCUT2D eigenvalue weighted by Crippen LogP contribution is 2.34. The number of nitrogens with zero attached hydrogens (tertiary/aromatic N) is 2. The van der Waals surface area contributed by atoms with E-state index in [1.54, 1.807) is 31.2 Å². The molecule has 1 aromatic heterocycles. The number of aromatic nitrogens is 1. The van der Waals surface area contributed by atoms with Crippen LogP contribution in [0.25, 0.3) is 0 Å². The van der Waals surface area contributed by atoms with E-state index in [4.69, 9.17) is 14.2 Å². The minimum atomic E-state index is -0.563. The van der Waals surface area contributed by atoms with Crippen molar-refractivity contribution < 1.29 is 23.8 Å². The molecule has 2 rings (SSSR count). The van der Waals surface area contributed by atoms with E-state index < -0.39 is 5.60 Å². The number of ether oxygens (including phenoxy) is 3. The largest absolute Gasteiger partial charge is 0.481 e. The number of likely N-dealkylation sites (tertiary alicyclic amines) is 1. The number of esters is 1. The number of pyridine rings is 1. The molecule has 2 atom stereocenters. The Balaban J connectivity index is 2.22. The van der Waals surface area contributed by atoms with Crippen LogP contribution in [0.2, 0.25) is 0 Å². The van der Waals surface area contributed by atoms with Gasteiger partial charge in [-0.15, -0.1) is 0 Å². The Morgan fingerprint density at radius 3 is 2.58 bits per heavy atom. The molecule has 0 radical (unpaired) electrons. The smallest absolute Gasteiger partial charge is 0.410 e. The number of methoxy groups -OCH3 is 1. The van der Waals surface area contributed by atoms with Crippen LogP contribution in [0.3, 0.4) is 0 Å².